The van der Waals surface area contributed by atoms with Gasteiger partial charge >= 0.3 is 0 Å². The van der Waals surface area contributed by atoms with Crippen LogP contribution >= 0.6 is 0 Å². The van der Waals surface area contributed by atoms with Crippen molar-refractivity contribution in [2.24, 2.45) is 7.05 Å². The molecule has 1 aliphatic carbocycles. The van der Waals surface area contributed by atoms with Crippen molar-refractivity contribution < 1.29 is 18.2 Å². The maximum Gasteiger partial charge on any atom is 0.256 e. The molecule has 2 N–H and O–H groups in total. The summed E-state index contributed by atoms with van der Waals surface area (Å²) >= 11 is 0. The fraction of sp³-hybridized carbons (Fsp3) is 0.269. The van der Waals surface area contributed by atoms with Crippen molar-refractivity contribution in [3.05, 3.63) is 75.3 Å². The van der Waals surface area contributed by atoms with E-state index in [0.29, 0.717) is 22.6 Å². The van der Waals surface area contributed by atoms with Gasteiger partial charge in [-0.05, 0) is 62.6 Å². The van der Waals surface area contributed by atoms with Crippen LogP contribution in [-0.4, -0.2) is 33.4 Å². The third kappa shape index (κ3) is 4.68. The van der Waals surface area contributed by atoms with Crippen molar-refractivity contribution in [3.63, 3.8) is 0 Å². The zero-order chi connectivity index (χ0) is 26.1. The smallest absolute Gasteiger partial charge is 0.256 e. The standard InChI is InChI=1S/C26H27FN4O4S/c1-15-8-11-21(20(27)12-15)29-24-22(25(33)28-3)23(16(2)26(34)30(24)4)31(14-32)17-6-5-7-19(13-17)36(35)18-9-10-18/h5-8,11-14,18,29H,9-10H2,1-4H3,(H,28,33). The summed E-state index contributed by atoms with van der Waals surface area (Å²) in [5, 5.41) is 5.52. The number of hydrogen-bond acceptors (Lipinski definition) is 5. The number of nitrogens with zero attached hydrogens (tertiary/aromatic N) is 2. The SMILES string of the molecule is CNC(=O)c1c(N(C=O)c2cccc(S(=O)C3CC3)c2)c(C)c(=O)n(C)c1Nc1ccc(C)cc1F. The fourth-order valence-electron chi connectivity index (χ4n) is 4.03. The van der Waals surface area contributed by atoms with Gasteiger partial charge in [0.05, 0.1) is 22.2 Å². The van der Waals surface area contributed by atoms with Gasteiger partial charge in [0.15, 0.2) is 0 Å². The average molecular weight is 511 g/mol. The van der Waals surface area contributed by atoms with Gasteiger partial charge in [-0.2, -0.15) is 0 Å². The molecule has 0 bridgehead atoms. The molecule has 1 saturated carbocycles. The van der Waals surface area contributed by atoms with Gasteiger partial charge in [0.25, 0.3) is 11.5 Å². The maximum absolute atomic E-state index is 14.7. The molecule has 2 aromatic carbocycles. The highest BCUT2D eigenvalue weighted by molar-refractivity contribution is 7.86. The second-order valence-corrected chi connectivity index (χ2v) is 10.5. The van der Waals surface area contributed by atoms with Crippen LogP contribution in [-0.2, 0) is 22.6 Å². The Kier molecular flexibility index (Phi) is 7.07. The first-order valence-electron chi connectivity index (χ1n) is 11.4. The molecule has 0 spiro atoms. The highest BCUT2D eigenvalue weighted by atomic mass is 32.2. The van der Waals surface area contributed by atoms with E-state index in [1.807, 2.05) is 0 Å². The summed E-state index contributed by atoms with van der Waals surface area (Å²) in [5.41, 5.74) is 0.831. The van der Waals surface area contributed by atoms with Crippen molar-refractivity contribution in [2.75, 3.05) is 17.3 Å². The Morgan fingerprint density at radius 2 is 1.92 bits per heavy atom. The number of anilines is 4. The number of carbonyl (C=O) groups is 2. The Hall–Kier alpha value is -3.79. The summed E-state index contributed by atoms with van der Waals surface area (Å²) < 4.78 is 28.7. The lowest BCUT2D eigenvalue weighted by molar-refractivity contribution is -0.106. The number of aryl methyl sites for hydroxylation is 1. The van der Waals surface area contributed by atoms with Crippen LogP contribution in [0.25, 0.3) is 0 Å². The van der Waals surface area contributed by atoms with Crippen molar-refractivity contribution in [2.45, 2.75) is 36.8 Å². The minimum absolute atomic E-state index is 0.0158. The predicted molar refractivity (Wildman–Crippen MR) is 138 cm³/mol. The summed E-state index contributed by atoms with van der Waals surface area (Å²) in [7, 11) is 1.67. The molecule has 0 aliphatic heterocycles. The van der Waals surface area contributed by atoms with Crippen LogP contribution in [0.3, 0.4) is 0 Å². The number of aromatic nitrogens is 1. The first kappa shape index (κ1) is 25.3. The van der Waals surface area contributed by atoms with Crippen molar-refractivity contribution >= 4 is 46.0 Å². The van der Waals surface area contributed by atoms with Crippen molar-refractivity contribution in [1.82, 2.24) is 9.88 Å². The molecular weight excluding hydrogens is 483 g/mol. The molecule has 10 heteroatoms. The van der Waals surface area contributed by atoms with E-state index in [1.165, 1.54) is 42.6 Å². The normalized spacial score (nSPS) is 13.7. The van der Waals surface area contributed by atoms with Gasteiger partial charge in [0, 0.05) is 35.5 Å². The summed E-state index contributed by atoms with van der Waals surface area (Å²) in [4.78, 5) is 40.6. The van der Waals surface area contributed by atoms with E-state index in [9.17, 15) is 23.0 Å². The van der Waals surface area contributed by atoms with E-state index < -0.39 is 28.1 Å². The molecule has 188 valence electrons. The van der Waals surface area contributed by atoms with E-state index in [4.69, 9.17) is 0 Å². The summed E-state index contributed by atoms with van der Waals surface area (Å²) in [6.45, 7) is 3.26. The van der Waals surface area contributed by atoms with Crippen LogP contribution in [0.2, 0.25) is 0 Å². The molecule has 0 radical (unpaired) electrons. The van der Waals surface area contributed by atoms with E-state index in [2.05, 4.69) is 10.6 Å². The minimum atomic E-state index is -1.22. The van der Waals surface area contributed by atoms with Gasteiger partial charge in [0.1, 0.15) is 17.2 Å². The third-order valence-corrected chi connectivity index (χ3v) is 7.92. The predicted octanol–water partition coefficient (Wildman–Crippen LogP) is 3.81. The number of rotatable bonds is 8. The highest BCUT2D eigenvalue weighted by Crippen LogP contribution is 2.37. The molecule has 1 aromatic heterocycles. The van der Waals surface area contributed by atoms with Crippen molar-refractivity contribution in [3.8, 4) is 0 Å². The Morgan fingerprint density at radius 1 is 1.19 bits per heavy atom. The molecule has 2 amide bonds. The van der Waals surface area contributed by atoms with Gasteiger partial charge in [-0.25, -0.2) is 4.39 Å². The Labute approximate surface area is 210 Å². The summed E-state index contributed by atoms with van der Waals surface area (Å²) in [6.07, 6.45) is 2.27. The van der Waals surface area contributed by atoms with Crippen LogP contribution < -0.4 is 21.1 Å². The maximum atomic E-state index is 14.7. The van der Waals surface area contributed by atoms with Crippen molar-refractivity contribution in [1.29, 1.82) is 0 Å². The number of carbonyl (C=O) groups excluding carboxylic acids is 2. The molecule has 4 rings (SSSR count). The molecule has 8 nitrogen and oxygen atoms in total. The molecule has 3 aromatic rings. The molecule has 36 heavy (non-hydrogen) atoms. The Morgan fingerprint density at radius 3 is 2.53 bits per heavy atom. The molecule has 1 aliphatic rings. The largest absolute Gasteiger partial charge is 0.355 e. The lowest BCUT2D eigenvalue weighted by atomic mass is 10.1. The van der Waals surface area contributed by atoms with E-state index in [0.717, 1.165) is 12.8 Å². The fourth-order valence-corrected chi connectivity index (χ4v) is 5.43. The number of amides is 2. The number of hydrogen-bond donors (Lipinski definition) is 2. The number of pyridine rings is 1. The molecule has 0 saturated heterocycles. The minimum Gasteiger partial charge on any atom is -0.355 e. The topological polar surface area (TPSA) is 101 Å². The van der Waals surface area contributed by atoms with Gasteiger partial charge in [-0.3, -0.25) is 28.1 Å². The van der Waals surface area contributed by atoms with E-state index >= 15 is 0 Å². The highest BCUT2D eigenvalue weighted by Gasteiger charge is 2.31. The molecule has 1 atom stereocenters. The third-order valence-electron chi connectivity index (χ3n) is 6.12. The lowest BCUT2D eigenvalue weighted by Gasteiger charge is -2.26. The monoisotopic (exact) mass is 510 g/mol. The zero-order valence-electron chi connectivity index (χ0n) is 20.4. The van der Waals surface area contributed by atoms with Crippen LogP contribution in [0.4, 0.5) is 27.3 Å². The van der Waals surface area contributed by atoms with Gasteiger partial charge in [-0.1, -0.05) is 12.1 Å². The molecule has 1 heterocycles. The van der Waals surface area contributed by atoms with E-state index in [-0.39, 0.29) is 33.6 Å². The quantitative estimate of drug-likeness (QED) is 0.449. The van der Waals surface area contributed by atoms with Crippen LogP contribution in [0, 0.1) is 19.7 Å². The Bertz CT molecular complexity index is 1450. The van der Waals surface area contributed by atoms with Gasteiger partial charge in [-0.15, -0.1) is 0 Å². The lowest BCUT2D eigenvalue weighted by Crippen LogP contribution is -2.33. The summed E-state index contributed by atoms with van der Waals surface area (Å²) in [5.74, 6) is -1.12. The zero-order valence-corrected chi connectivity index (χ0v) is 21.2. The van der Waals surface area contributed by atoms with Crippen LogP contribution in [0.1, 0.15) is 34.3 Å². The van der Waals surface area contributed by atoms with E-state index in [1.54, 1.807) is 37.3 Å². The average Bonchev–Trinajstić information content (AvgIpc) is 3.72. The molecule has 1 fully saturated rings. The first-order chi connectivity index (χ1) is 17.2. The summed E-state index contributed by atoms with van der Waals surface area (Å²) in [6, 6.07) is 11.2. The number of halogens is 1. The number of benzene rings is 2. The second kappa shape index (κ2) is 10.1. The van der Waals surface area contributed by atoms with Crippen LogP contribution in [0.5, 0.6) is 0 Å². The van der Waals surface area contributed by atoms with Crippen LogP contribution in [0.15, 0.2) is 52.2 Å². The molecular formula is C26H27FN4O4S. The van der Waals surface area contributed by atoms with Gasteiger partial charge < -0.3 is 10.6 Å². The Balaban J connectivity index is 1.94. The number of nitrogens with one attached hydrogen (secondary N) is 2. The second-order valence-electron chi connectivity index (χ2n) is 8.72. The van der Waals surface area contributed by atoms with Gasteiger partial charge in [0.2, 0.25) is 6.41 Å². The molecule has 1 unspecified atom stereocenters. The first-order valence-corrected chi connectivity index (χ1v) is 12.6.